The van der Waals surface area contributed by atoms with Crippen molar-refractivity contribution in [2.45, 2.75) is 40.2 Å². The first-order chi connectivity index (χ1) is 8.49. The van der Waals surface area contributed by atoms with Gasteiger partial charge in [-0.2, -0.15) is 0 Å². The Kier molecular flexibility index (Phi) is 5.28. The zero-order chi connectivity index (χ0) is 13.7. The fourth-order valence-corrected chi connectivity index (χ4v) is 1.84. The molecule has 4 heteroatoms. The topological polar surface area (TPSA) is 53.4 Å². The van der Waals surface area contributed by atoms with E-state index in [0.29, 0.717) is 17.9 Å². The summed E-state index contributed by atoms with van der Waals surface area (Å²) >= 11 is 0. The molecule has 0 aliphatic carbocycles. The van der Waals surface area contributed by atoms with Crippen LogP contribution < -0.4 is 4.90 Å². The molecule has 0 saturated heterocycles. The number of nitrogens with zero attached hydrogens (tertiary/aromatic N) is 2. The lowest BCUT2D eigenvalue weighted by atomic mass is 10.1. The summed E-state index contributed by atoms with van der Waals surface area (Å²) in [5.41, 5.74) is 1.27. The van der Waals surface area contributed by atoms with Crippen molar-refractivity contribution >= 4 is 11.6 Å². The molecule has 0 spiro atoms. The molecule has 1 N–H and O–H groups in total. The van der Waals surface area contributed by atoms with Crippen molar-refractivity contribution in [2.75, 3.05) is 11.4 Å². The summed E-state index contributed by atoms with van der Waals surface area (Å²) in [6.07, 6.45) is 1.82. The zero-order valence-electron chi connectivity index (χ0n) is 11.6. The summed E-state index contributed by atoms with van der Waals surface area (Å²) < 4.78 is 0. The van der Waals surface area contributed by atoms with Crippen molar-refractivity contribution in [3.05, 3.63) is 24.0 Å². The molecule has 0 aromatic carbocycles. The van der Waals surface area contributed by atoms with Gasteiger partial charge >= 0.3 is 0 Å². The Bertz CT molecular complexity index is 403. The van der Waals surface area contributed by atoms with Crippen molar-refractivity contribution < 1.29 is 9.90 Å². The van der Waals surface area contributed by atoms with Crippen molar-refractivity contribution in [3.8, 4) is 0 Å². The molecule has 100 valence electrons. The van der Waals surface area contributed by atoms with Gasteiger partial charge in [0.15, 0.2) is 0 Å². The van der Waals surface area contributed by atoms with E-state index in [0.717, 1.165) is 6.42 Å². The molecule has 0 fully saturated rings. The lowest BCUT2D eigenvalue weighted by Crippen LogP contribution is -2.36. The van der Waals surface area contributed by atoms with Crippen LogP contribution in [0.4, 0.5) is 5.69 Å². The first-order valence-corrected chi connectivity index (χ1v) is 6.43. The maximum Gasteiger partial charge on any atom is 0.229 e. The van der Waals surface area contributed by atoms with Gasteiger partial charge in [-0.15, -0.1) is 0 Å². The van der Waals surface area contributed by atoms with E-state index >= 15 is 0 Å². The highest BCUT2D eigenvalue weighted by Gasteiger charge is 2.22. The van der Waals surface area contributed by atoms with Gasteiger partial charge in [0.2, 0.25) is 5.91 Å². The number of anilines is 1. The summed E-state index contributed by atoms with van der Waals surface area (Å²) in [5, 5.41) is 9.74. The van der Waals surface area contributed by atoms with Crippen LogP contribution in [-0.4, -0.2) is 22.5 Å². The molecular formula is C14H22N2O2. The van der Waals surface area contributed by atoms with E-state index in [1.54, 1.807) is 24.1 Å². The predicted molar refractivity (Wildman–Crippen MR) is 72.4 cm³/mol. The van der Waals surface area contributed by atoms with Crippen molar-refractivity contribution in [1.82, 2.24) is 4.98 Å². The van der Waals surface area contributed by atoms with Gasteiger partial charge in [0.25, 0.3) is 0 Å². The predicted octanol–water partition coefficient (Wildman–Crippen LogP) is 2.53. The smallest absolute Gasteiger partial charge is 0.229 e. The van der Waals surface area contributed by atoms with Crippen LogP contribution in [0.1, 0.15) is 45.9 Å². The molecule has 4 nitrogen and oxygen atoms in total. The highest BCUT2D eigenvalue weighted by Crippen LogP contribution is 2.25. The fraction of sp³-hybridized carbons (Fsp3) is 0.571. The second-order valence-electron chi connectivity index (χ2n) is 4.73. The van der Waals surface area contributed by atoms with Gasteiger partial charge in [-0.05, 0) is 25.5 Å². The van der Waals surface area contributed by atoms with Gasteiger partial charge in [0, 0.05) is 18.7 Å². The first kappa shape index (κ1) is 14.6. The Morgan fingerprint density at radius 2 is 2.11 bits per heavy atom. The van der Waals surface area contributed by atoms with Crippen LogP contribution in [0.3, 0.4) is 0 Å². The van der Waals surface area contributed by atoms with Gasteiger partial charge in [0.05, 0.1) is 17.5 Å². The van der Waals surface area contributed by atoms with Gasteiger partial charge in [0.1, 0.15) is 0 Å². The van der Waals surface area contributed by atoms with Crippen LogP contribution in [0, 0.1) is 5.92 Å². The second-order valence-corrected chi connectivity index (χ2v) is 4.73. The number of hydrogen-bond donors (Lipinski definition) is 1. The second kappa shape index (κ2) is 6.50. The molecule has 18 heavy (non-hydrogen) atoms. The number of aliphatic hydroxyl groups is 1. The molecule has 1 unspecified atom stereocenters. The molecular weight excluding hydrogens is 228 g/mol. The maximum absolute atomic E-state index is 12.2. The summed E-state index contributed by atoms with van der Waals surface area (Å²) in [6.45, 7) is 8.09. The number of aliphatic hydroxyl groups excluding tert-OH is 1. The van der Waals surface area contributed by atoms with Crippen molar-refractivity contribution in [3.63, 3.8) is 0 Å². The Labute approximate surface area is 109 Å². The first-order valence-electron chi connectivity index (χ1n) is 6.43. The molecule has 1 heterocycles. The number of rotatable bonds is 5. The zero-order valence-corrected chi connectivity index (χ0v) is 11.6. The molecule has 1 aromatic rings. The monoisotopic (exact) mass is 250 g/mol. The number of carbonyl (C=O) groups is 1. The van der Waals surface area contributed by atoms with E-state index < -0.39 is 6.10 Å². The van der Waals surface area contributed by atoms with Crippen LogP contribution in [0.2, 0.25) is 0 Å². The summed E-state index contributed by atoms with van der Waals surface area (Å²) in [6, 6.07) is 3.63. The van der Waals surface area contributed by atoms with Gasteiger partial charge in [-0.1, -0.05) is 20.8 Å². The molecule has 0 bridgehead atoms. The molecule has 0 aliphatic heterocycles. The third-order valence-electron chi connectivity index (χ3n) is 2.71. The summed E-state index contributed by atoms with van der Waals surface area (Å²) in [4.78, 5) is 18.1. The minimum Gasteiger partial charge on any atom is -0.387 e. The van der Waals surface area contributed by atoms with Crippen molar-refractivity contribution in [2.24, 2.45) is 5.92 Å². The van der Waals surface area contributed by atoms with Crippen molar-refractivity contribution in [1.29, 1.82) is 0 Å². The van der Waals surface area contributed by atoms with E-state index in [2.05, 4.69) is 4.98 Å². The highest BCUT2D eigenvalue weighted by atomic mass is 16.3. The Balaban J connectivity index is 3.17. The van der Waals surface area contributed by atoms with E-state index in [9.17, 15) is 9.90 Å². The Morgan fingerprint density at radius 1 is 1.44 bits per heavy atom. The molecule has 1 aromatic heterocycles. The van der Waals surface area contributed by atoms with E-state index in [1.807, 2.05) is 26.8 Å². The SMILES string of the molecule is CCCN(C(=O)C(C)C)c1cccnc1C(C)O. The number of hydrogen-bond acceptors (Lipinski definition) is 3. The quantitative estimate of drug-likeness (QED) is 0.873. The standard InChI is InChI=1S/C14H22N2O2/c1-5-9-16(14(18)10(2)3)12-7-6-8-15-13(12)11(4)17/h6-8,10-11,17H,5,9H2,1-4H3. The molecule has 1 rings (SSSR count). The number of amides is 1. The van der Waals surface area contributed by atoms with Gasteiger partial charge in [-0.25, -0.2) is 0 Å². The van der Waals surface area contributed by atoms with Crippen LogP contribution >= 0.6 is 0 Å². The highest BCUT2D eigenvalue weighted by molar-refractivity contribution is 5.95. The van der Waals surface area contributed by atoms with E-state index in [1.165, 1.54) is 0 Å². The summed E-state index contributed by atoms with van der Waals surface area (Å²) in [7, 11) is 0. The minimum absolute atomic E-state index is 0.0618. The maximum atomic E-state index is 12.2. The average Bonchev–Trinajstić information content (AvgIpc) is 2.35. The van der Waals surface area contributed by atoms with E-state index in [4.69, 9.17) is 0 Å². The van der Waals surface area contributed by atoms with Crippen LogP contribution in [0.25, 0.3) is 0 Å². The molecule has 1 amide bonds. The third kappa shape index (κ3) is 3.29. The largest absolute Gasteiger partial charge is 0.387 e. The number of pyridine rings is 1. The molecule has 0 saturated carbocycles. The van der Waals surface area contributed by atoms with Crippen LogP contribution in [-0.2, 0) is 4.79 Å². The van der Waals surface area contributed by atoms with Gasteiger partial charge in [-0.3, -0.25) is 9.78 Å². The lowest BCUT2D eigenvalue weighted by Gasteiger charge is -2.26. The number of carbonyl (C=O) groups excluding carboxylic acids is 1. The lowest BCUT2D eigenvalue weighted by molar-refractivity contribution is -0.121. The van der Waals surface area contributed by atoms with Crippen LogP contribution in [0.5, 0.6) is 0 Å². The van der Waals surface area contributed by atoms with Gasteiger partial charge < -0.3 is 10.0 Å². The molecule has 1 atom stereocenters. The van der Waals surface area contributed by atoms with E-state index in [-0.39, 0.29) is 11.8 Å². The van der Waals surface area contributed by atoms with Crippen LogP contribution in [0.15, 0.2) is 18.3 Å². The normalized spacial score (nSPS) is 12.6. The third-order valence-corrected chi connectivity index (χ3v) is 2.71. The summed E-state index contributed by atoms with van der Waals surface area (Å²) in [5.74, 6) is -0.00893. The molecule has 0 radical (unpaired) electrons. The Morgan fingerprint density at radius 3 is 2.61 bits per heavy atom. The Hall–Kier alpha value is -1.42. The number of aromatic nitrogens is 1. The fourth-order valence-electron chi connectivity index (χ4n) is 1.84. The molecule has 0 aliphatic rings. The average molecular weight is 250 g/mol. The minimum atomic E-state index is -0.680.